The van der Waals surface area contributed by atoms with Crippen LogP contribution in [0.1, 0.15) is 78.8 Å². The van der Waals surface area contributed by atoms with E-state index in [-0.39, 0.29) is 35.7 Å². The van der Waals surface area contributed by atoms with Crippen molar-refractivity contribution in [1.29, 1.82) is 0 Å². The maximum absolute atomic E-state index is 13.3. The number of aromatic amines is 1. The molecule has 0 spiro atoms. The highest BCUT2D eigenvalue weighted by Crippen LogP contribution is 2.44. The fourth-order valence-electron chi connectivity index (χ4n) is 4.43. The summed E-state index contributed by atoms with van der Waals surface area (Å²) in [4.78, 5) is 14.7. The van der Waals surface area contributed by atoms with E-state index in [0.717, 1.165) is 30.5 Å². The van der Waals surface area contributed by atoms with Crippen molar-refractivity contribution in [2.24, 2.45) is 5.41 Å². The number of nitrogens with zero attached hydrogens (tertiary/aromatic N) is 3. The van der Waals surface area contributed by atoms with E-state index in [1.165, 1.54) is 4.90 Å². The molecule has 2 aromatic rings. The molecule has 4 rings (SSSR count). The van der Waals surface area contributed by atoms with Gasteiger partial charge in [0.15, 0.2) is 11.5 Å². The summed E-state index contributed by atoms with van der Waals surface area (Å²) in [6, 6.07) is 0. The van der Waals surface area contributed by atoms with Gasteiger partial charge < -0.3 is 14.5 Å². The normalized spacial score (nSPS) is 22.9. The van der Waals surface area contributed by atoms with Gasteiger partial charge in [-0.05, 0) is 31.6 Å². The van der Waals surface area contributed by atoms with Crippen LogP contribution in [0.2, 0.25) is 0 Å². The zero-order valence-electron chi connectivity index (χ0n) is 17.4. The van der Waals surface area contributed by atoms with Gasteiger partial charge in [0.1, 0.15) is 5.69 Å². The number of hydrogen-bond donors (Lipinski definition) is 2. The third-order valence-electron chi connectivity index (χ3n) is 6.29. The lowest BCUT2D eigenvalue weighted by molar-refractivity contribution is -0.261. The molecular formula is C20H25F3N4O3. The van der Waals surface area contributed by atoms with Gasteiger partial charge in [-0.3, -0.25) is 9.89 Å². The van der Waals surface area contributed by atoms with Crippen LogP contribution in [-0.4, -0.2) is 44.0 Å². The number of amides is 1. The maximum Gasteiger partial charge on any atom is 0.422 e. The number of H-pyrrole nitrogens is 1. The Morgan fingerprint density at radius 3 is 2.73 bits per heavy atom. The molecule has 3 heterocycles. The Morgan fingerprint density at radius 1 is 1.37 bits per heavy atom. The summed E-state index contributed by atoms with van der Waals surface area (Å²) in [5.74, 6) is -0.612. The van der Waals surface area contributed by atoms with Crippen LogP contribution in [0.25, 0.3) is 0 Å². The van der Waals surface area contributed by atoms with Crippen molar-refractivity contribution in [3.05, 3.63) is 34.0 Å². The number of rotatable bonds is 2. The number of carbonyl (C=O) groups excluding carboxylic acids is 1. The highest BCUT2D eigenvalue weighted by Gasteiger charge is 2.55. The summed E-state index contributed by atoms with van der Waals surface area (Å²) >= 11 is 0. The molecule has 0 radical (unpaired) electrons. The van der Waals surface area contributed by atoms with E-state index in [4.69, 9.17) is 4.52 Å². The number of nitrogens with one attached hydrogen (secondary N) is 1. The molecule has 30 heavy (non-hydrogen) atoms. The molecule has 0 saturated carbocycles. The van der Waals surface area contributed by atoms with E-state index >= 15 is 0 Å². The lowest BCUT2D eigenvalue weighted by Crippen LogP contribution is -2.42. The first-order chi connectivity index (χ1) is 13.8. The minimum Gasteiger partial charge on any atom is -0.375 e. The Kier molecular flexibility index (Phi) is 4.57. The molecule has 2 N–H and O–H groups in total. The molecule has 10 heteroatoms. The van der Waals surface area contributed by atoms with Crippen LogP contribution in [0.15, 0.2) is 4.52 Å². The predicted molar refractivity (Wildman–Crippen MR) is 99.7 cm³/mol. The summed E-state index contributed by atoms with van der Waals surface area (Å²) in [6.45, 7) is 6.85. The van der Waals surface area contributed by atoms with E-state index in [0.29, 0.717) is 12.6 Å². The number of hydrogen-bond acceptors (Lipinski definition) is 5. The van der Waals surface area contributed by atoms with Crippen LogP contribution >= 0.6 is 0 Å². The first kappa shape index (κ1) is 20.9. The quantitative estimate of drug-likeness (QED) is 0.767. The van der Waals surface area contributed by atoms with E-state index < -0.39 is 23.4 Å². The molecular weight excluding hydrogens is 401 g/mol. The topological polar surface area (TPSA) is 95.3 Å². The molecule has 1 aliphatic heterocycles. The first-order valence-corrected chi connectivity index (χ1v) is 9.95. The summed E-state index contributed by atoms with van der Waals surface area (Å²) < 4.78 is 45.0. The molecule has 0 fully saturated rings. The fourth-order valence-corrected chi connectivity index (χ4v) is 4.43. The SMILES string of the molecule is C[C@H]1CN(C(=O)c2n[nH]c3c2CCC(C)(C)C3)Cc2onc([C@@](C)(O)C(F)(F)F)c21. The molecule has 1 amide bonds. The molecule has 0 bridgehead atoms. The standard InChI is InChI=1S/C20H25F3N4O3/c1-10-8-27(9-13-14(10)16(26-30-13)19(4,29)20(21,22)23)17(28)15-11-5-6-18(2,3)7-12(11)24-25-15/h10,29H,5-9H2,1-4H3,(H,24,25)/t10-,19+/m0/s1. The van der Waals surface area contributed by atoms with Crippen molar-refractivity contribution in [2.75, 3.05) is 6.54 Å². The number of aromatic nitrogens is 3. The third kappa shape index (κ3) is 3.21. The Balaban J connectivity index is 1.61. The highest BCUT2D eigenvalue weighted by atomic mass is 19.4. The second-order valence-corrected chi connectivity index (χ2v) is 9.40. The predicted octanol–water partition coefficient (Wildman–Crippen LogP) is 3.44. The Morgan fingerprint density at radius 2 is 2.07 bits per heavy atom. The smallest absolute Gasteiger partial charge is 0.375 e. The van der Waals surface area contributed by atoms with E-state index in [2.05, 4.69) is 29.2 Å². The first-order valence-electron chi connectivity index (χ1n) is 9.95. The number of aliphatic hydroxyl groups is 1. The van der Waals surface area contributed by atoms with Crippen LogP contribution in [0.5, 0.6) is 0 Å². The Bertz CT molecular complexity index is 990. The highest BCUT2D eigenvalue weighted by molar-refractivity contribution is 5.94. The molecule has 2 atom stereocenters. The number of halogens is 3. The van der Waals surface area contributed by atoms with Crippen molar-refractivity contribution < 1.29 is 27.6 Å². The van der Waals surface area contributed by atoms with Crippen LogP contribution in [0.4, 0.5) is 13.2 Å². The zero-order chi connectivity index (χ0) is 22.1. The van der Waals surface area contributed by atoms with Gasteiger partial charge in [0.25, 0.3) is 5.91 Å². The van der Waals surface area contributed by atoms with Gasteiger partial charge in [0.2, 0.25) is 5.60 Å². The van der Waals surface area contributed by atoms with Crippen molar-refractivity contribution in [3.8, 4) is 0 Å². The molecule has 7 nitrogen and oxygen atoms in total. The second-order valence-electron chi connectivity index (χ2n) is 9.40. The monoisotopic (exact) mass is 426 g/mol. The summed E-state index contributed by atoms with van der Waals surface area (Å²) in [5.41, 5.74) is -1.08. The molecule has 164 valence electrons. The molecule has 0 unspecified atom stereocenters. The average molecular weight is 426 g/mol. The largest absolute Gasteiger partial charge is 0.422 e. The van der Waals surface area contributed by atoms with Gasteiger partial charge >= 0.3 is 6.18 Å². The van der Waals surface area contributed by atoms with E-state index in [1.807, 2.05) is 0 Å². The third-order valence-corrected chi connectivity index (χ3v) is 6.29. The average Bonchev–Trinajstić information content (AvgIpc) is 3.23. The van der Waals surface area contributed by atoms with Crippen LogP contribution in [-0.2, 0) is 25.0 Å². The Hall–Kier alpha value is -2.36. The zero-order valence-corrected chi connectivity index (χ0v) is 17.4. The molecule has 0 saturated heterocycles. The molecule has 2 aromatic heterocycles. The van der Waals surface area contributed by atoms with E-state index in [1.54, 1.807) is 6.92 Å². The van der Waals surface area contributed by atoms with Crippen molar-refractivity contribution in [3.63, 3.8) is 0 Å². The lowest BCUT2D eigenvalue weighted by atomic mass is 9.76. The van der Waals surface area contributed by atoms with Gasteiger partial charge in [0.05, 0.1) is 6.54 Å². The Labute approximate surface area is 171 Å². The maximum atomic E-state index is 13.3. The van der Waals surface area contributed by atoms with Crippen molar-refractivity contribution in [2.45, 2.75) is 71.2 Å². The summed E-state index contributed by atoms with van der Waals surface area (Å²) in [6.07, 6.45) is -2.40. The van der Waals surface area contributed by atoms with Gasteiger partial charge in [0, 0.05) is 29.3 Å². The number of alkyl halides is 3. The minimum absolute atomic E-state index is 0.0213. The van der Waals surface area contributed by atoms with E-state index in [9.17, 15) is 23.1 Å². The van der Waals surface area contributed by atoms with Crippen molar-refractivity contribution >= 4 is 5.91 Å². The fraction of sp³-hybridized carbons (Fsp3) is 0.650. The minimum atomic E-state index is -4.90. The lowest BCUT2D eigenvalue weighted by Gasteiger charge is -2.32. The van der Waals surface area contributed by atoms with Gasteiger partial charge in [-0.15, -0.1) is 0 Å². The molecule has 1 aliphatic carbocycles. The second kappa shape index (κ2) is 6.57. The van der Waals surface area contributed by atoms with Gasteiger partial charge in [-0.1, -0.05) is 25.9 Å². The van der Waals surface area contributed by atoms with Crippen LogP contribution in [0, 0.1) is 5.41 Å². The van der Waals surface area contributed by atoms with Crippen LogP contribution < -0.4 is 0 Å². The number of fused-ring (bicyclic) bond motifs is 2. The summed E-state index contributed by atoms with van der Waals surface area (Å²) in [5, 5.41) is 20.8. The summed E-state index contributed by atoms with van der Waals surface area (Å²) in [7, 11) is 0. The molecule has 2 aliphatic rings. The van der Waals surface area contributed by atoms with Gasteiger partial charge in [-0.2, -0.15) is 18.3 Å². The van der Waals surface area contributed by atoms with Crippen LogP contribution in [0.3, 0.4) is 0 Å². The van der Waals surface area contributed by atoms with Crippen molar-refractivity contribution in [1.82, 2.24) is 20.3 Å². The molecule has 0 aromatic carbocycles. The van der Waals surface area contributed by atoms with Gasteiger partial charge in [-0.25, -0.2) is 0 Å². The number of carbonyl (C=O) groups is 1.